The molecular weight excluding hydrogens is 479 g/mol. The second-order valence-corrected chi connectivity index (χ2v) is 8.09. The summed E-state index contributed by atoms with van der Waals surface area (Å²) < 4.78 is 10.9. The Morgan fingerprint density at radius 2 is 2.00 bits per heavy atom. The van der Waals surface area contributed by atoms with E-state index in [2.05, 4.69) is 41.3 Å². The molecule has 0 bridgehead atoms. The summed E-state index contributed by atoms with van der Waals surface area (Å²) in [5.74, 6) is 3.86. The molecule has 0 aliphatic carbocycles. The Kier molecular flexibility index (Phi) is 11.7. The summed E-state index contributed by atoms with van der Waals surface area (Å²) in [7, 11) is 5.19. The van der Waals surface area contributed by atoms with Crippen LogP contribution in [0.2, 0.25) is 0 Å². The maximum absolute atomic E-state index is 5.52. The third-order valence-corrected chi connectivity index (χ3v) is 5.26. The van der Waals surface area contributed by atoms with Gasteiger partial charge in [-0.05, 0) is 56.3 Å². The van der Waals surface area contributed by atoms with Crippen LogP contribution in [0.3, 0.4) is 0 Å². The van der Waals surface area contributed by atoms with Gasteiger partial charge in [0.25, 0.3) is 0 Å². The Balaban J connectivity index is 0.00000420. The van der Waals surface area contributed by atoms with Gasteiger partial charge in [0.05, 0.1) is 20.3 Å². The highest BCUT2D eigenvalue weighted by atomic mass is 127. The van der Waals surface area contributed by atoms with Gasteiger partial charge in [0.15, 0.2) is 5.96 Å². The Morgan fingerprint density at radius 3 is 2.62 bits per heavy atom. The lowest BCUT2D eigenvalue weighted by Crippen LogP contribution is -2.45. The number of hydrogen-bond acceptors (Lipinski definition) is 4. The number of benzene rings is 1. The molecule has 1 aliphatic heterocycles. The van der Waals surface area contributed by atoms with Crippen LogP contribution in [0.25, 0.3) is 0 Å². The number of likely N-dealkylation sites (tertiary alicyclic amines) is 1. The topological polar surface area (TPSA) is 58.1 Å². The van der Waals surface area contributed by atoms with Gasteiger partial charge in [0, 0.05) is 32.2 Å². The summed E-state index contributed by atoms with van der Waals surface area (Å²) in [4.78, 5) is 7.01. The fraction of sp³-hybridized carbons (Fsp3) is 0.682. The summed E-state index contributed by atoms with van der Waals surface area (Å²) in [6.45, 7) is 11.2. The molecule has 2 rings (SSSR count). The molecule has 1 aliphatic rings. The van der Waals surface area contributed by atoms with Crippen LogP contribution in [0, 0.1) is 11.8 Å². The highest BCUT2D eigenvalue weighted by molar-refractivity contribution is 14.0. The Hall–Kier alpha value is -1.22. The monoisotopic (exact) mass is 518 g/mol. The quantitative estimate of drug-likeness (QED) is 0.311. The molecule has 2 unspecified atom stereocenters. The molecule has 1 heterocycles. The van der Waals surface area contributed by atoms with Gasteiger partial charge < -0.3 is 25.0 Å². The highest BCUT2D eigenvalue weighted by Gasteiger charge is 2.21. The first kappa shape index (κ1) is 25.8. The molecule has 6 nitrogen and oxygen atoms in total. The molecule has 7 heteroatoms. The molecule has 0 saturated carbocycles. The van der Waals surface area contributed by atoms with Crippen molar-refractivity contribution in [1.29, 1.82) is 0 Å². The van der Waals surface area contributed by atoms with Crippen molar-refractivity contribution >= 4 is 29.9 Å². The number of hydrogen-bond donors (Lipinski definition) is 2. The van der Waals surface area contributed by atoms with E-state index in [1.807, 2.05) is 25.2 Å². The lowest BCUT2D eigenvalue weighted by Gasteiger charge is -2.34. The van der Waals surface area contributed by atoms with Gasteiger partial charge in [0.2, 0.25) is 0 Å². The fourth-order valence-electron chi connectivity index (χ4n) is 3.90. The zero-order valence-electron chi connectivity index (χ0n) is 18.8. The van der Waals surface area contributed by atoms with Crippen molar-refractivity contribution in [3.63, 3.8) is 0 Å². The Morgan fingerprint density at radius 1 is 1.24 bits per heavy atom. The molecular formula is C22H39IN4O2. The predicted octanol–water partition coefficient (Wildman–Crippen LogP) is 3.92. The summed E-state index contributed by atoms with van der Waals surface area (Å²) >= 11 is 0. The standard InChI is InChI=1S/C22H38N4O2.HI/c1-16(2)14-26-11-7-8-18(15-26)13-24-22(23-4)25-17(3)20-12-19(27-5)9-10-21(20)28-6;/h9-10,12,16-18H,7-8,11,13-15H2,1-6H3,(H2,23,24,25);1H. The van der Waals surface area contributed by atoms with Crippen LogP contribution < -0.4 is 20.1 Å². The van der Waals surface area contributed by atoms with E-state index in [9.17, 15) is 0 Å². The number of halogens is 1. The van der Waals surface area contributed by atoms with Crippen molar-refractivity contribution in [3.05, 3.63) is 23.8 Å². The molecule has 166 valence electrons. The van der Waals surface area contributed by atoms with E-state index in [0.717, 1.165) is 35.5 Å². The van der Waals surface area contributed by atoms with Crippen LogP contribution in [0.1, 0.15) is 45.2 Å². The van der Waals surface area contributed by atoms with Crippen molar-refractivity contribution in [2.24, 2.45) is 16.8 Å². The largest absolute Gasteiger partial charge is 0.497 e. The average molecular weight is 518 g/mol. The van der Waals surface area contributed by atoms with Crippen molar-refractivity contribution in [1.82, 2.24) is 15.5 Å². The van der Waals surface area contributed by atoms with E-state index < -0.39 is 0 Å². The minimum Gasteiger partial charge on any atom is -0.497 e. The van der Waals surface area contributed by atoms with Gasteiger partial charge in [-0.3, -0.25) is 4.99 Å². The number of piperidine rings is 1. The second-order valence-electron chi connectivity index (χ2n) is 8.09. The lowest BCUT2D eigenvalue weighted by molar-refractivity contribution is 0.159. The number of rotatable bonds is 8. The van der Waals surface area contributed by atoms with Crippen molar-refractivity contribution in [3.8, 4) is 11.5 Å². The summed E-state index contributed by atoms with van der Waals surface area (Å²) in [5, 5.41) is 7.00. The van der Waals surface area contributed by atoms with E-state index in [-0.39, 0.29) is 30.0 Å². The van der Waals surface area contributed by atoms with Gasteiger partial charge in [-0.1, -0.05) is 13.8 Å². The van der Waals surface area contributed by atoms with Gasteiger partial charge in [0.1, 0.15) is 11.5 Å². The summed E-state index contributed by atoms with van der Waals surface area (Å²) in [6.07, 6.45) is 2.56. The molecule has 1 saturated heterocycles. The molecule has 1 aromatic carbocycles. The van der Waals surface area contributed by atoms with E-state index >= 15 is 0 Å². The smallest absolute Gasteiger partial charge is 0.191 e. The molecule has 0 spiro atoms. The first-order valence-electron chi connectivity index (χ1n) is 10.4. The molecule has 0 amide bonds. The minimum atomic E-state index is 0. The first-order valence-corrected chi connectivity index (χ1v) is 10.4. The zero-order valence-corrected chi connectivity index (χ0v) is 21.2. The molecule has 0 aromatic heterocycles. The van der Waals surface area contributed by atoms with E-state index in [1.54, 1.807) is 14.2 Å². The van der Waals surface area contributed by atoms with Crippen LogP contribution in [-0.4, -0.2) is 58.3 Å². The normalized spacial score (nSPS) is 18.7. The molecule has 0 radical (unpaired) electrons. The third kappa shape index (κ3) is 8.20. The second kappa shape index (κ2) is 13.2. The van der Waals surface area contributed by atoms with Gasteiger partial charge in [-0.25, -0.2) is 0 Å². The number of ether oxygens (including phenoxy) is 2. The SMILES string of the molecule is CN=C(NCC1CCCN(CC(C)C)C1)NC(C)c1cc(OC)ccc1OC.I. The molecule has 2 atom stereocenters. The number of nitrogens with one attached hydrogen (secondary N) is 2. The van der Waals surface area contributed by atoms with Crippen molar-refractivity contribution in [2.75, 3.05) is 47.4 Å². The van der Waals surface area contributed by atoms with E-state index in [0.29, 0.717) is 5.92 Å². The first-order chi connectivity index (χ1) is 13.5. The van der Waals surface area contributed by atoms with Crippen LogP contribution >= 0.6 is 24.0 Å². The third-order valence-electron chi connectivity index (χ3n) is 5.26. The van der Waals surface area contributed by atoms with E-state index in [1.165, 1.54) is 32.5 Å². The van der Waals surface area contributed by atoms with E-state index in [4.69, 9.17) is 9.47 Å². The summed E-state index contributed by atoms with van der Waals surface area (Å²) in [6, 6.07) is 5.90. The molecule has 1 aromatic rings. The number of methoxy groups -OCH3 is 2. The Bertz CT molecular complexity index is 639. The van der Waals surface area contributed by atoms with Gasteiger partial charge >= 0.3 is 0 Å². The lowest BCUT2D eigenvalue weighted by atomic mass is 9.97. The molecule has 1 fully saturated rings. The Labute approximate surface area is 193 Å². The van der Waals surface area contributed by atoms with Crippen LogP contribution in [0.15, 0.2) is 23.2 Å². The van der Waals surface area contributed by atoms with Gasteiger partial charge in [-0.2, -0.15) is 0 Å². The maximum Gasteiger partial charge on any atom is 0.191 e. The summed E-state index contributed by atoms with van der Waals surface area (Å²) in [5.41, 5.74) is 1.05. The van der Waals surface area contributed by atoms with Crippen LogP contribution in [0.5, 0.6) is 11.5 Å². The fourth-order valence-corrected chi connectivity index (χ4v) is 3.90. The average Bonchev–Trinajstić information content (AvgIpc) is 2.70. The molecule has 29 heavy (non-hydrogen) atoms. The predicted molar refractivity (Wildman–Crippen MR) is 132 cm³/mol. The zero-order chi connectivity index (χ0) is 20.5. The van der Waals surface area contributed by atoms with Crippen molar-refractivity contribution < 1.29 is 9.47 Å². The maximum atomic E-state index is 5.52. The number of guanidine groups is 1. The van der Waals surface area contributed by atoms with Crippen molar-refractivity contribution in [2.45, 2.75) is 39.7 Å². The minimum absolute atomic E-state index is 0. The highest BCUT2D eigenvalue weighted by Crippen LogP contribution is 2.29. The number of aliphatic imine (C=N–C) groups is 1. The molecule has 2 N–H and O–H groups in total. The number of nitrogens with zero attached hydrogens (tertiary/aromatic N) is 2. The van der Waals surface area contributed by atoms with Crippen LogP contribution in [-0.2, 0) is 0 Å². The van der Waals surface area contributed by atoms with Gasteiger partial charge in [-0.15, -0.1) is 24.0 Å². The van der Waals surface area contributed by atoms with Crippen LogP contribution in [0.4, 0.5) is 0 Å².